The number of aliphatic hydroxyl groups excluding tert-OH is 1. The van der Waals surface area contributed by atoms with E-state index in [1.165, 1.54) is 0 Å². The first-order valence-electron chi connectivity index (χ1n) is 7.85. The molecule has 0 aliphatic carbocycles. The fraction of sp³-hybridized carbons (Fsp3) is 0.412. The Bertz CT molecular complexity index is 596. The van der Waals surface area contributed by atoms with E-state index in [1.807, 2.05) is 50.4 Å². The predicted octanol–water partition coefficient (Wildman–Crippen LogP) is 2.25. The summed E-state index contributed by atoms with van der Waals surface area (Å²) >= 11 is 0. The monoisotopic (exact) mass is 316 g/mol. The van der Waals surface area contributed by atoms with Gasteiger partial charge in [-0.1, -0.05) is 19.1 Å². The molecule has 0 saturated carbocycles. The third-order valence-electron chi connectivity index (χ3n) is 3.74. The molecule has 2 rings (SSSR count). The van der Waals surface area contributed by atoms with Crippen molar-refractivity contribution in [3.8, 4) is 5.69 Å². The molecular weight excluding hydrogens is 292 g/mol. The molecule has 2 atom stereocenters. The second kappa shape index (κ2) is 8.33. The van der Waals surface area contributed by atoms with Gasteiger partial charge in [-0.15, -0.1) is 0 Å². The first-order valence-corrected chi connectivity index (χ1v) is 7.85. The van der Waals surface area contributed by atoms with Gasteiger partial charge in [0.2, 0.25) is 0 Å². The summed E-state index contributed by atoms with van der Waals surface area (Å²) in [6.45, 7) is 4.63. The number of urea groups is 1. The van der Waals surface area contributed by atoms with Gasteiger partial charge in [0, 0.05) is 25.5 Å². The van der Waals surface area contributed by atoms with Gasteiger partial charge in [-0.25, -0.2) is 9.48 Å². The van der Waals surface area contributed by atoms with Crippen LogP contribution in [0.1, 0.15) is 31.9 Å². The topological polar surface area (TPSA) is 79.2 Å². The lowest BCUT2D eigenvalue weighted by Crippen LogP contribution is -2.39. The largest absolute Gasteiger partial charge is 0.396 e. The van der Waals surface area contributed by atoms with Gasteiger partial charge in [0.15, 0.2) is 0 Å². The zero-order chi connectivity index (χ0) is 16.7. The van der Waals surface area contributed by atoms with Crippen LogP contribution >= 0.6 is 0 Å². The van der Waals surface area contributed by atoms with Crippen LogP contribution in [0.15, 0.2) is 42.7 Å². The number of nitrogens with zero attached hydrogens (tertiary/aromatic N) is 2. The maximum absolute atomic E-state index is 11.9. The molecule has 23 heavy (non-hydrogen) atoms. The van der Waals surface area contributed by atoms with Crippen LogP contribution < -0.4 is 10.6 Å². The minimum Gasteiger partial charge on any atom is -0.396 e. The van der Waals surface area contributed by atoms with E-state index in [9.17, 15) is 4.79 Å². The molecule has 1 heterocycles. The summed E-state index contributed by atoms with van der Waals surface area (Å²) in [5.74, 6) is 0.259. The molecule has 1 aromatic carbocycles. The van der Waals surface area contributed by atoms with Crippen molar-refractivity contribution in [1.82, 2.24) is 20.4 Å². The van der Waals surface area contributed by atoms with Crippen LogP contribution in [0.3, 0.4) is 0 Å². The van der Waals surface area contributed by atoms with Crippen molar-refractivity contribution in [1.29, 1.82) is 0 Å². The summed E-state index contributed by atoms with van der Waals surface area (Å²) in [5, 5.41) is 18.8. The average Bonchev–Trinajstić information content (AvgIpc) is 3.08. The maximum Gasteiger partial charge on any atom is 0.315 e. The Morgan fingerprint density at radius 3 is 2.65 bits per heavy atom. The van der Waals surface area contributed by atoms with E-state index in [0.717, 1.165) is 11.3 Å². The highest BCUT2D eigenvalue weighted by molar-refractivity contribution is 5.74. The van der Waals surface area contributed by atoms with Crippen LogP contribution in [0, 0.1) is 5.92 Å². The minimum atomic E-state index is -0.196. The summed E-state index contributed by atoms with van der Waals surface area (Å²) in [6, 6.07) is 9.50. The van der Waals surface area contributed by atoms with E-state index in [-0.39, 0.29) is 24.6 Å². The first kappa shape index (κ1) is 17.0. The molecule has 2 unspecified atom stereocenters. The van der Waals surface area contributed by atoms with E-state index in [1.54, 1.807) is 10.9 Å². The zero-order valence-corrected chi connectivity index (χ0v) is 13.6. The molecule has 6 heteroatoms. The first-order chi connectivity index (χ1) is 11.1. The summed E-state index contributed by atoms with van der Waals surface area (Å²) in [7, 11) is 0. The van der Waals surface area contributed by atoms with Crippen LogP contribution in [0.5, 0.6) is 0 Å². The SMILES string of the molecule is CC(CCO)CNC(=O)NC(C)c1ccc(-n2cccn2)cc1. The van der Waals surface area contributed by atoms with Crippen LogP contribution in [0.4, 0.5) is 4.79 Å². The minimum absolute atomic E-state index is 0.0881. The smallest absolute Gasteiger partial charge is 0.315 e. The number of aliphatic hydroxyl groups is 1. The Hall–Kier alpha value is -2.34. The van der Waals surface area contributed by atoms with Crippen LogP contribution in [0.25, 0.3) is 5.69 Å². The van der Waals surface area contributed by atoms with Crippen molar-refractivity contribution in [2.24, 2.45) is 5.92 Å². The number of hydrogen-bond acceptors (Lipinski definition) is 3. The molecule has 2 aromatic rings. The second-order valence-corrected chi connectivity index (χ2v) is 5.74. The zero-order valence-electron chi connectivity index (χ0n) is 13.6. The molecule has 3 N–H and O–H groups in total. The second-order valence-electron chi connectivity index (χ2n) is 5.74. The van der Waals surface area contributed by atoms with Crippen LogP contribution in [-0.4, -0.2) is 34.1 Å². The Morgan fingerprint density at radius 1 is 1.30 bits per heavy atom. The third kappa shape index (κ3) is 5.10. The highest BCUT2D eigenvalue weighted by Crippen LogP contribution is 2.15. The molecule has 124 valence electrons. The Balaban J connectivity index is 1.85. The van der Waals surface area contributed by atoms with E-state index >= 15 is 0 Å². The van der Waals surface area contributed by atoms with E-state index in [0.29, 0.717) is 13.0 Å². The number of amides is 2. The lowest BCUT2D eigenvalue weighted by Gasteiger charge is -2.17. The fourth-order valence-electron chi connectivity index (χ4n) is 2.26. The van der Waals surface area contributed by atoms with Gasteiger partial charge in [0.05, 0.1) is 11.7 Å². The molecular formula is C17H24N4O2. The molecule has 1 aromatic heterocycles. The molecule has 0 saturated heterocycles. The quantitative estimate of drug-likeness (QED) is 0.733. The van der Waals surface area contributed by atoms with Gasteiger partial charge >= 0.3 is 6.03 Å². The van der Waals surface area contributed by atoms with Gasteiger partial charge < -0.3 is 15.7 Å². The predicted molar refractivity (Wildman–Crippen MR) is 89.4 cm³/mol. The average molecular weight is 316 g/mol. The number of nitrogens with one attached hydrogen (secondary N) is 2. The molecule has 0 aliphatic rings. The molecule has 0 radical (unpaired) electrons. The molecule has 6 nitrogen and oxygen atoms in total. The number of carbonyl (C=O) groups is 1. The fourth-order valence-corrected chi connectivity index (χ4v) is 2.26. The summed E-state index contributed by atoms with van der Waals surface area (Å²) in [6.07, 6.45) is 4.31. The summed E-state index contributed by atoms with van der Waals surface area (Å²) < 4.78 is 1.79. The summed E-state index contributed by atoms with van der Waals surface area (Å²) in [4.78, 5) is 11.9. The van der Waals surface area contributed by atoms with Crippen molar-refractivity contribution >= 4 is 6.03 Å². The molecule has 2 amide bonds. The molecule has 0 spiro atoms. The van der Waals surface area contributed by atoms with Crippen molar-refractivity contribution in [3.05, 3.63) is 48.3 Å². The number of carbonyl (C=O) groups excluding carboxylic acids is 1. The number of rotatable bonds is 7. The normalized spacial score (nSPS) is 13.3. The highest BCUT2D eigenvalue weighted by atomic mass is 16.3. The van der Waals surface area contributed by atoms with Gasteiger partial charge in [-0.2, -0.15) is 5.10 Å². The van der Waals surface area contributed by atoms with Gasteiger partial charge in [-0.3, -0.25) is 0 Å². The molecule has 0 aliphatic heterocycles. The van der Waals surface area contributed by atoms with Gasteiger partial charge in [0.25, 0.3) is 0 Å². The van der Waals surface area contributed by atoms with Crippen molar-refractivity contribution in [2.75, 3.05) is 13.2 Å². The molecule has 0 bridgehead atoms. The van der Waals surface area contributed by atoms with E-state index in [4.69, 9.17) is 5.11 Å². The third-order valence-corrected chi connectivity index (χ3v) is 3.74. The number of aromatic nitrogens is 2. The summed E-state index contributed by atoms with van der Waals surface area (Å²) in [5.41, 5.74) is 2.01. The number of hydrogen-bond donors (Lipinski definition) is 3. The van der Waals surface area contributed by atoms with Gasteiger partial charge in [0.1, 0.15) is 0 Å². The van der Waals surface area contributed by atoms with Crippen LogP contribution in [-0.2, 0) is 0 Å². The Labute approximate surface area is 136 Å². The number of benzene rings is 1. The Kier molecular flexibility index (Phi) is 6.17. The maximum atomic E-state index is 11.9. The standard InChI is InChI=1S/C17H24N4O2/c1-13(8-11-22)12-18-17(23)20-14(2)15-4-6-16(7-5-15)21-10-3-9-19-21/h3-7,9-10,13-14,22H,8,11-12H2,1-2H3,(H2,18,20,23). The van der Waals surface area contributed by atoms with Crippen molar-refractivity contribution in [2.45, 2.75) is 26.3 Å². The highest BCUT2D eigenvalue weighted by Gasteiger charge is 2.10. The van der Waals surface area contributed by atoms with Crippen molar-refractivity contribution in [3.63, 3.8) is 0 Å². The van der Waals surface area contributed by atoms with Crippen LogP contribution in [0.2, 0.25) is 0 Å². The lowest BCUT2D eigenvalue weighted by atomic mass is 10.1. The van der Waals surface area contributed by atoms with E-state index < -0.39 is 0 Å². The lowest BCUT2D eigenvalue weighted by molar-refractivity contribution is 0.231. The van der Waals surface area contributed by atoms with Gasteiger partial charge in [-0.05, 0) is 43.0 Å². The molecule has 0 fully saturated rings. The Morgan fingerprint density at radius 2 is 2.04 bits per heavy atom. The van der Waals surface area contributed by atoms with Crippen molar-refractivity contribution < 1.29 is 9.90 Å². The van der Waals surface area contributed by atoms with E-state index in [2.05, 4.69) is 15.7 Å².